The zero-order chi connectivity index (χ0) is 19.4. The van der Waals surface area contributed by atoms with Crippen molar-refractivity contribution in [2.45, 2.75) is 38.3 Å². The van der Waals surface area contributed by atoms with Gasteiger partial charge in [-0.25, -0.2) is 9.18 Å². The first kappa shape index (κ1) is 18.6. The summed E-state index contributed by atoms with van der Waals surface area (Å²) in [7, 11) is 0. The van der Waals surface area contributed by atoms with Crippen molar-refractivity contribution in [2.75, 3.05) is 0 Å². The maximum Gasteiger partial charge on any atom is 0.325 e. The average molecular weight is 365 g/mol. The molecule has 3 rings (SSSR count). The third-order valence-corrected chi connectivity index (χ3v) is 4.81. The predicted octanol–water partition coefficient (Wildman–Crippen LogP) is 3.83. The van der Waals surface area contributed by atoms with Crippen molar-refractivity contribution >= 4 is 11.9 Å². The van der Waals surface area contributed by atoms with Crippen LogP contribution in [0.3, 0.4) is 0 Å². The van der Waals surface area contributed by atoms with Crippen LogP contribution in [0.1, 0.15) is 42.9 Å². The predicted molar refractivity (Wildman–Crippen MR) is 97.8 cm³/mol. The monoisotopic (exact) mass is 365 g/mol. The van der Waals surface area contributed by atoms with Crippen molar-refractivity contribution in [3.8, 4) is 6.07 Å². The molecular weight excluding hydrogens is 345 g/mol. The average Bonchev–Trinajstić information content (AvgIpc) is 2.92. The molecule has 1 aliphatic rings. The van der Waals surface area contributed by atoms with Gasteiger partial charge in [-0.05, 0) is 41.8 Å². The van der Waals surface area contributed by atoms with E-state index >= 15 is 0 Å². The summed E-state index contributed by atoms with van der Waals surface area (Å²) >= 11 is 0. The van der Waals surface area contributed by atoms with E-state index in [-0.39, 0.29) is 12.5 Å². The largest absolute Gasteiger partial charge is 0.325 e. The Morgan fingerprint density at radius 1 is 1.19 bits per heavy atom. The molecule has 6 heteroatoms. The number of nitriles is 1. The van der Waals surface area contributed by atoms with Crippen molar-refractivity contribution in [3.63, 3.8) is 0 Å². The Labute approximate surface area is 157 Å². The van der Waals surface area contributed by atoms with Crippen LogP contribution in [-0.4, -0.2) is 16.8 Å². The number of urea groups is 1. The number of unbranched alkanes of at least 4 members (excludes halogenated alkanes) is 1. The summed E-state index contributed by atoms with van der Waals surface area (Å²) in [6.07, 6.45) is 2.03. The number of hydrogen-bond acceptors (Lipinski definition) is 3. The van der Waals surface area contributed by atoms with Crippen LogP contribution in [0.5, 0.6) is 0 Å². The maximum atomic E-state index is 13.4. The smallest absolute Gasteiger partial charge is 0.319 e. The Bertz CT molecular complexity index is 904. The highest BCUT2D eigenvalue weighted by atomic mass is 19.1. The summed E-state index contributed by atoms with van der Waals surface area (Å²) < 4.78 is 13.4. The van der Waals surface area contributed by atoms with Gasteiger partial charge in [0.15, 0.2) is 0 Å². The molecule has 1 fully saturated rings. The molecule has 0 aliphatic carbocycles. The second-order valence-electron chi connectivity index (χ2n) is 6.65. The van der Waals surface area contributed by atoms with E-state index in [9.17, 15) is 14.0 Å². The van der Waals surface area contributed by atoms with E-state index in [4.69, 9.17) is 5.26 Å². The van der Waals surface area contributed by atoms with Crippen molar-refractivity contribution in [2.24, 2.45) is 0 Å². The molecule has 138 valence electrons. The SMILES string of the molecule is CCCC[C@]1(c2ccc(F)cc2)NC(=O)N(Cc2cccc(C#N)c2)C1=O. The minimum Gasteiger partial charge on any atom is -0.319 e. The van der Waals surface area contributed by atoms with Gasteiger partial charge in [0, 0.05) is 0 Å². The van der Waals surface area contributed by atoms with Crippen molar-refractivity contribution < 1.29 is 14.0 Å². The fourth-order valence-corrected chi connectivity index (χ4v) is 3.38. The number of rotatable bonds is 6. The van der Waals surface area contributed by atoms with Gasteiger partial charge in [0.2, 0.25) is 0 Å². The Kier molecular flexibility index (Phi) is 5.22. The van der Waals surface area contributed by atoms with Gasteiger partial charge in [-0.2, -0.15) is 5.26 Å². The van der Waals surface area contributed by atoms with E-state index in [0.29, 0.717) is 23.1 Å². The maximum absolute atomic E-state index is 13.4. The highest BCUT2D eigenvalue weighted by Gasteiger charge is 2.51. The highest BCUT2D eigenvalue weighted by Crippen LogP contribution is 2.35. The Morgan fingerprint density at radius 2 is 1.93 bits per heavy atom. The minimum atomic E-state index is -1.19. The number of nitrogens with one attached hydrogen (secondary N) is 1. The van der Waals surface area contributed by atoms with E-state index < -0.39 is 17.4 Å². The molecule has 0 bridgehead atoms. The third-order valence-electron chi connectivity index (χ3n) is 4.81. The molecule has 5 nitrogen and oxygen atoms in total. The lowest BCUT2D eigenvalue weighted by atomic mass is 9.84. The van der Waals surface area contributed by atoms with Gasteiger partial charge >= 0.3 is 6.03 Å². The van der Waals surface area contributed by atoms with Crippen LogP contribution in [0, 0.1) is 17.1 Å². The fraction of sp³-hybridized carbons (Fsp3) is 0.286. The summed E-state index contributed by atoms with van der Waals surface area (Å²) in [6.45, 7) is 2.08. The Hall–Kier alpha value is -3.20. The summed E-state index contributed by atoms with van der Waals surface area (Å²) in [5.74, 6) is -0.749. The molecule has 0 radical (unpaired) electrons. The topological polar surface area (TPSA) is 73.2 Å². The van der Waals surface area contributed by atoms with E-state index in [1.165, 1.54) is 12.1 Å². The second kappa shape index (κ2) is 7.58. The summed E-state index contributed by atoms with van der Waals surface area (Å²) in [5, 5.41) is 11.9. The molecule has 1 N–H and O–H groups in total. The Balaban J connectivity index is 1.94. The first-order valence-electron chi connectivity index (χ1n) is 8.89. The molecule has 0 aromatic heterocycles. The normalized spacial score (nSPS) is 19.1. The standard InChI is InChI=1S/C21H20FN3O2/c1-2-3-11-21(17-7-9-18(22)10-8-17)19(26)25(20(27)24-21)14-16-6-4-5-15(12-16)13-23/h4-10,12H,2-3,11,14H2,1H3,(H,24,27)/t21-/m1/s1. The minimum absolute atomic E-state index is 0.0786. The molecule has 0 spiro atoms. The zero-order valence-electron chi connectivity index (χ0n) is 15.0. The lowest BCUT2D eigenvalue weighted by molar-refractivity contribution is -0.132. The van der Waals surface area contributed by atoms with Crippen LogP contribution in [-0.2, 0) is 16.9 Å². The van der Waals surface area contributed by atoms with Gasteiger partial charge in [0.25, 0.3) is 5.91 Å². The number of hydrogen-bond donors (Lipinski definition) is 1. The van der Waals surface area contributed by atoms with E-state index in [1.54, 1.807) is 36.4 Å². The quantitative estimate of drug-likeness (QED) is 0.791. The second-order valence-corrected chi connectivity index (χ2v) is 6.65. The molecule has 1 atom stereocenters. The van der Waals surface area contributed by atoms with Crippen LogP contribution in [0.2, 0.25) is 0 Å². The molecule has 2 aromatic carbocycles. The number of carbonyl (C=O) groups excluding carboxylic acids is 2. The molecule has 2 aromatic rings. The number of carbonyl (C=O) groups is 2. The van der Waals surface area contributed by atoms with Crippen molar-refractivity contribution in [1.29, 1.82) is 5.26 Å². The van der Waals surface area contributed by atoms with E-state index in [1.807, 2.05) is 6.92 Å². The van der Waals surface area contributed by atoms with Gasteiger partial charge in [0.1, 0.15) is 11.4 Å². The van der Waals surface area contributed by atoms with Crippen LogP contribution >= 0.6 is 0 Å². The third kappa shape index (κ3) is 3.54. The number of amides is 3. The van der Waals surface area contributed by atoms with Gasteiger partial charge in [-0.3, -0.25) is 9.69 Å². The first-order chi connectivity index (χ1) is 13.0. The van der Waals surface area contributed by atoms with Crippen LogP contribution in [0.4, 0.5) is 9.18 Å². The molecular formula is C21H20FN3O2. The number of imide groups is 1. The molecule has 0 unspecified atom stereocenters. The lowest BCUT2D eigenvalue weighted by Gasteiger charge is -2.27. The summed E-state index contributed by atoms with van der Waals surface area (Å²) in [5.41, 5.74) is 0.551. The molecule has 0 saturated carbocycles. The number of benzene rings is 2. The van der Waals surface area contributed by atoms with Crippen LogP contribution < -0.4 is 5.32 Å². The Morgan fingerprint density at radius 3 is 2.59 bits per heavy atom. The van der Waals surface area contributed by atoms with E-state index in [0.717, 1.165) is 17.7 Å². The fourth-order valence-electron chi connectivity index (χ4n) is 3.38. The van der Waals surface area contributed by atoms with Crippen molar-refractivity contribution in [3.05, 3.63) is 71.0 Å². The van der Waals surface area contributed by atoms with Crippen LogP contribution in [0.25, 0.3) is 0 Å². The highest BCUT2D eigenvalue weighted by molar-refractivity contribution is 6.07. The van der Waals surface area contributed by atoms with Crippen LogP contribution in [0.15, 0.2) is 48.5 Å². The number of halogens is 1. The summed E-state index contributed by atoms with van der Waals surface area (Å²) in [6, 6.07) is 14.1. The molecule has 27 heavy (non-hydrogen) atoms. The van der Waals surface area contributed by atoms with Crippen molar-refractivity contribution in [1.82, 2.24) is 10.2 Å². The van der Waals surface area contributed by atoms with Gasteiger partial charge < -0.3 is 5.32 Å². The van der Waals surface area contributed by atoms with Gasteiger partial charge in [-0.1, -0.05) is 44.0 Å². The van der Waals surface area contributed by atoms with Gasteiger partial charge in [0.05, 0.1) is 18.2 Å². The van der Waals surface area contributed by atoms with E-state index in [2.05, 4.69) is 11.4 Å². The molecule has 1 heterocycles. The molecule has 1 aliphatic heterocycles. The number of nitrogens with zero attached hydrogens (tertiary/aromatic N) is 2. The summed E-state index contributed by atoms with van der Waals surface area (Å²) in [4.78, 5) is 27.1. The van der Waals surface area contributed by atoms with Gasteiger partial charge in [-0.15, -0.1) is 0 Å². The first-order valence-corrected chi connectivity index (χ1v) is 8.89. The zero-order valence-corrected chi connectivity index (χ0v) is 15.0. The molecule has 1 saturated heterocycles. The lowest BCUT2D eigenvalue weighted by Crippen LogP contribution is -2.44. The molecule has 3 amide bonds.